The number of nitrogens with zero attached hydrogens (tertiary/aromatic N) is 2. The number of halogens is 1. The lowest BCUT2D eigenvalue weighted by molar-refractivity contribution is -0.123. The van der Waals surface area contributed by atoms with Gasteiger partial charge in [-0.3, -0.25) is 9.59 Å². The van der Waals surface area contributed by atoms with Gasteiger partial charge in [0.25, 0.3) is 0 Å². The summed E-state index contributed by atoms with van der Waals surface area (Å²) in [6.07, 6.45) is 0.551. The second kappa shape index (κ2) is 10.5. The Kier molecular flexibility index (Phi) is 7.13. The maximum absolute atomic E-state index is 14.0. The van der Waals surface area contributed by atoms with Gasteiger partial charge in [-0.25, -0.2) is 9.69 Å². The standard InChI is InChI=1S/C30H30ClN3O4/c1-18(2)16-24-25-26(29(36)33(28(25)35)20-11-5-4-6-12-20)27(22-14-7-8-15-23(22)31)34(24)30(37)32-19-10-9-13-21(17-19)38-3/h4-15,17-18,24-27H,16H2,1-3H3,(H,32,37). The number of para-hydroxylation sites is 1. The maximum Gasteiger partial charge on any atom is 0.322 e. The van der Waals surface area contributed by atoms with Gasteiger partial charge in [-0.2, -0.15) is 0 Å². The number of amides is 4. The van der Waals surface area contributed by atoms with Gasteiger partial charge < -0.3 is 15.0 Å². The van der Waals surface area contributed by atoms with E-state index in [1.54, 1.807) is 66.6 Å². The van der Waals surface area contributed by atoms with Gasteiger partial charge in [0.1, 0.15) is 5.75 Å². The number of fused-ring (bicyclic) bond motifs is 1. The van der Waals surface area contributed by atoms with Crippen molar-refractivity contribution in [2.75, 3.05) is 17.3 Å². The number of ether oxygens (including phenoxy) is 1. The zero-order valence-electron chi connectivity index (χ0n) is 21.5. The van der Waals surface area contributed by atoms with Crippen molar-refractivity contribution in [3.8, 4) is 5.75 Å². The maximum atomic E-state index is 14.0. The molecule has 38 heavy (non-hydrogen) atoms. The van der Waals surface area contributed by atoms with E-state index in [1.807, 2.05) is 38.1 Å². The molecule has 2 heterocycles. The van der Waals surface area contributed by atoms with E-state index in [9.17, 15) is 14.4 Å². The first-order valence-electron chi connectivity index (χ1n) is 12.7. The SMILES string of the molecule is COc1cccc(NC(=O)N2C(CC(C)C)C3C(=O)N(c4ccccc4)C(=O)C3C2c2ccccc2Cl)c1. The predicted molar refractivity (Wildman–Crippen MR) is 147 cm³/mol. The van der Waals surface area contributed by atoms with Crippen LogP contribution in [-0.2, 0) is 9.59 Å². The first-order valence-corrected chi connectivity index (χ1v) is 13.1. The number of imide groups is 1. The van der Waals surface area contributed by atoms with Crippen LogP contribution in [0.1, 0.15) is 31.9 Å². The van der Waals surface area contributed by atoms with E-state index >= 15 is 0 Å². The van der Waals surface area contributed by atoms with E-state index < -0.39 is 30.0 Å². The van der Waals surface area contributed by atoms with Crippen LogP contribution in [0.5, 0.6) is 5.75 Å². The molecule has 4 amide bonds. The van der Waals surface area contributed by atoms with Crippen LogP contribution >= 0.6 is 11.6 Å². The number of carbonyl (C=O) groups is 3. The molecule has 3 aromatic carbocycles. The molecule has 1 N–H and O–H groups in total. The number of rotatable bonds is 6. The first kappa shape index (κ1) is 25.8. The lowest BCUT2D eigenvalue weighted by atomic mass is 9.84. The van der Waals surface area contributed by atoms with Crippen LogP contribution in [0.15, 0.2) is 78.9 Å². The summed E-state index contributed by atoms with van der Waals surface area (Å²) in [5.74, 6) is -1.28. The summed E-state index contributed by atoms with van der Waals surface area (Å²) in [5, 5.41) is 3.41. The average Bonchev–Trinajstić information content (AvgIpc) is 3.36. The Labute approximate surface area is 227 Å². The largest absolute Gasteiger partial charge is 0.497 e. The fourth-order valence-corrected chi connectivity index (χ4v) is 6.05. The van der Waals surface area contributed by atoms with Crippen molar-refractivity contribution in [3.63, 3.8) is 0 Å². The smallest absolute Gasteiger partial charge is 0.322 e. The molecular weight excluding hydrogens is 502 g/mol. The van der Waals surface area contributed by atoms with Crippen molar-refractivity contribution in [1.82, 2.24) is 4.90 Å². The number of anilines is 2. The highest BCUT2D eigenvalue weighted by molar-refractivity contribution is 6.31. The molecule has 0 spiro atoms. The Morgan fingerprint density at radius 1 is 0.947 bits per heavy atom. The van der Waals surface area contributed by atoms with Crippen LogP contribution < -0.4 is 15.0 Å². The van der Waals surface area contributed by atoms with Gasteiger partial charge in [-0.15, -0.1) is 0 Å². The molecule has 7 nitrogen and oxygen atoms in total. The van der Waals surface area contributed by atoms with Crippen molar-refractivity contribution >= 4 is 40.8 Å². The highest BCUT2D eigenvalue weighted by Gasteiger charge is 2.64. The van der Waals surface area contributed by atoms with Crippen LogP contribution in [-0.4, -0.2) is 35.9 Å². The summed E-state index contributed by atoms with van der Waals surface area (Å²) in [7, 11) is 1.56. The van der Waals surface area contributed by atoms with Gasteiger partial charge in [-0.05, 0) is 48.2 Å². The van der Waals surface area contributed by atoms with E-state index in [-0.39, 0.29) is 17.7 Å². The molecule has 3 aromatic rings. The minimum absolute atomic E-state index is 0.173. The van der Waals surface area contributed by atoms with Crippen molar-refractivity contribution in [2.45, 2.75) is 32.4 Å². The number of nitrogens with one attached hydrogen (secondary N) is 1. The number of hydrogen-bond acceptors (Lipinski definition) is 4. The molecule has 0 bridgehead atoms. The third-order valence-corrected chi connectivity index (χ3v) is 7.66. The summed E-state index contributed by atoms with van der Waals surface area (Å²) in [4.78, 5) is 44.9. The number of likely N-dealkylation sites (tertiary alicyclic amines) is 1. The quantitative estimate of drug-likeness (QED) is 0.386. The average molecular weight is 532 g/mol. The molecule has 2 aliphatic rings. The molecule has 2 aliphatic heterocycles. The normalized spacial score (nSPS) is 22.7. The molecular formula is C30H30ClN3O4. The molecule has 0 aromatic heterocycles. The molecule has 0 saturated carbocycles. The molecule has 196 valence electrons. The number of carbonyl (C=O) groups excluding carboxylic acids is 3. The van der Waals surface area contributed by atoms with Crippen LogP contribution in [0.25, 0.3) is 0 Å². The van der Waals surface area contributed by atoms with Crippen LogP contribution in [0.3, 0.4) is 0 Å². The Balaban J connectivity index is 1.62. The van der Waals surface area contributed by atoms with Crippen LogP contribution in [0, 0.1) is 17.8 Å². The predicted octanol–water partition coefficient (Wildman–Crippen LogP) is 6.16. The fraction of sp³-hybridized carbons (Fsp3) is 0.300. The van der Waals surface area contributed by atoms with Gasteiger partial charge in [0.05, 0.1) is 30.7 Å². The molecule has 4 unspecified atom stereocenters. The lowest BCUT2D eigenvalue weighted by Gasteiger charge is -2.35. The fourth-order valence-electron chi connectivity index (χ4n) is 5.80. The van der Waals surface area contributed by atoms with Crippen molar-refractivity contribution in [1.29, 1.82) is 0 Å². The topological polar surface area (TPSA) is 79.0 Å². The Hall–Kier alpha value is -3.84. The molecule has 0 radical (unpaired) electrons. The monoisotopic (exact) mass is 531 g/mol. The highest BCUT2D eigenvalue weighted by Crippen LogP contribution is 2.53. The Bertz CT molecular complexity index is 1360. The third-order valence-electron chi connectivity index (χ3n) is 7.32. The van der Waals surface area contributed by atoms with E-state index in [2.05, 4.69) is 5.32 Å². The number of benzene rings is 3. The first-order chi connectivity index (χ1) is 18.3. The van der Waals surface area contributed by atoms with E-state index in [0.29, 0.717) is 34.1 Å². The summed E-state index contributed by atoms with van der Waals surface area (Å²) in [6, 6.07) is 21.6. The van der Waals surface area contributed by atoms with Gasteiger partial charge in [-0.1, -0.05) is 67.9 Å². The molecule has 5 rings (SSSR count). The van der Waals surface area contributed by atoms with Crippen molar-refractivity contribution in [3.05, 3.63) is 89.4 Å². The van der Waals surface area contributed by atoms with Crippen molar-refractivity contribution < 1.29 is 19.1 Å². The van der Waals surface area contributed by atoms with E-state index in [4.69, 9.17) is 16.3 Å². The zero-order chi connectivity index (χ0) is 27.0. The summed E-state index contributed by atoms with van der Waals surface area (Å²) >= 11 is 6.67. The second-order valence-electron chi connectivity index (χ2n) is 10.1. The van der Waals surface area contributed by atoms with Crippen LogP contribution in [0.2, 0.25) is 5.02 Å². The Morgan fingerprint density at radius 2 is 1.63 bits per heavy atom. The summed E-state index contributed by atoms with van der Waals surface area (Å²) in [6.45, 7) is 4.10. The number of urea groups is 1. The van der Waals surface area contributed by atoms with E-state index in [1.165, 1.54) is 4.90 Å². The zero-order valence-corrected chi connectivity index (χ0v) is 22.3. The third kappa shape index (κ3) is 4.52. The van der Waals surface area contributed by atoms with Crippen LogP contribution in [0.4, 0.5) is 16.2 Å². The molecule has 0 aliphatic carbocycles. The number of methoxy groups -OCH3 is 1. The van der Waals surface area contributed by atoms with Gasteiger partial charge in [0, 0.05) is 22.8 Å². The Morgan fingerprint density at radius 3 is 2.32 bits per heavy atom. The van der Waals surface area contributed by atoms with Crippen molar-refractivity contribution in [2.24, 2.45) is 17.8 Å². The van der Waals surface area contributed by atoms with Gasteiger partial charge in [0.2, 0.25) is 11.8 Å². The molecule has 2 saturated heterocycles. The molecule has 8 heteroatoms. The minimum Gasteiger partial charge on any atom is -0.497 e. The summed E-state index contributed by atoms with van der Waals surface area (Å²) in [5.41, 5.74) is 1.73. The second-order valence-corrected chi connectivity index (χ2v) is 10.5. The molecule has 2 fully saturated rings. The summed E-state index contributed by atoms with van der Waals surface area (Å²) < 4.78 is 5.31. The van der Waals surface area contributed by atoms with Gasteiger partial charge >= 0.3 is 6.03 Å². The molecule has 4 atom stereocenters. The number of hydrogen-bond donors (Lipinski definition) is 1. The minimum atomic E-state index is -0.762. The lowest BCUT2D eigenvalue weighted by Crippen LogP contribution is -2.47. The van der Waals surface area contributed by atoms with E-state index in [0.717, 1.165) is 0 Å². The highest BCUT2D eigenvalue weighted by atomic mass is 35.5. The van der Waals surface area contributed by atoms with Gasteiger partial charge in [0.15, 0.2) is 0 Å².